The van der Waals surface area contributed by atoms with Gasteiger partial charge in [-0.05, 0) is 24.1 Å². The van der Waals surface area contributed by atoms with Crippen molar-refractivity contribution in [3.05, 3.63) is 60.2 Å². The summed E-state index contributed by atoms with van der Waals surface area (Å²) in [5.74, 6) is 0.846. The molecule has 0 amide bonds. The molecule has 0 aliphatic carbocycles. The van der Waals surface area contributed by atoms with Gasteiger partial charge in [-0.3, -0.25) is 0 Å². The lowest BCUT2D eigenvalue weighted by Gasteiger charge is -2.01. The Morgan fingerprint density at radius 2 is 1.79 bits per heavy atom. The molecule has 7 heteroatoms. The van der Waals surface area contributed by atoms with Crippen LogP contribution in [0, 0.1) is 0 Å². The fourth-order valence-corrected chi connectivity index (χ4v) is 3.38. The molecule has 0 bridgehead atoms. The molecule has 2 heterocycles. The number of rotatable bonds is 5. The largest absolute Gasteiger partial charge is 0.368 e. The summed E-state index contributed by atoms with van der Waals surface area (Å²) < 4.78 is 2.68. The van der Waals surface area contributed by atoms with Crippen LogP contribution in [0.15, 0.2) is 54.6 Å². The molecule has 0 aliphatic rings. The zero-order valence-corrected chi connectivity index (χ0v) is 13.7. The Balaban J connectivity index is 1.49. The number of para-hydroxylation sites is 1. The van der Waals surface area contributed by atoms with Crippen molar-refractivity contribution in [2.75, 3.05) is 17.6 Å². The van der Waals surface area contributed by atoms with Gasteiger partial charge >= 0.3 is 0 Å². The molecule has 24 heavy (non-hydrogen) atoms. The maximum absolute atomic E-state index is 5.99. The van der Waals surface area contributed by atoms with Crippen LogP contribution in [0.5, 0.6) is 0 Å². The van der Waals surface area contributed by atoms with Crippen molar-refractivity contribution < 1.29 is 0 Å². The second-order valence-corrected chi connectivity index (χ2v) is 6.34. The number of aromatic nitrogens is 4. The van der Waals surface area contributed by atoms with E-state index in [0.29, 0.717) is 11.9 Å². The van der Waals surface area contributed by atoms with Crippen molar-refractivity contribution in [3.63, 3.8) is 0 Å². The minimum absolute atomic E-state index is 0.330. The molecule has 0 spiro atoms. The normalized spacial score (nSPS) is 11.0. The van der Waals surface area contributed by atoms with Crippen LogP contribution >= 0.6 is 11.3 Å². The third-order valence-corrected chi connectivity index (χ3v) is 4.65. The van der Waals surface area contributed by atoms with E-state index in [4.69, 9.17) is 5.73 Å². The molecule has 4 rings (SSSR count). The van der Waals surface area contributed by atoms with Crippen LogP contribution in [0.2, 0.25) is 0 Å². The molecule has 120 valence electrons. The van der Waals surface area contributed by atoms with Crippen LogP contribution in [0.25, 0.3) is 15.3 Å². The maximum Gasteiger partial charge on any atom is 0.244 e. The average Bonchev–Trinajstić information content (AvgIpc) is 3.19. The quantitative estimate of drug-likeness (QED) is 0.585. The van der Waals surface area contributed by atoms with E-state index in [9.17, 15) is 0 Å². The number of thiazole rings is 1. The molecular weight excluding hydrogens is 320 g/mol. The highest BCUT2D eigenvalue weighted by Crippen LogP contribution is 2.25. The van der Waals surface area contributed by atoms with Gasteiger partial charge < -0.3 is 11.1 Å². The highest BCUT2D eigenvalue weighted by molar-refractivity contribution is 7.20. The van der Waals surface area contributed by atoms with E-state index in [0.717, 1.165) is 28.3 Å². The van der Waals surface area contributed by atoms with Gasteiger partial charge in [0.1, 0.15) is 0 Å². The SMILES string of the molecule is Nc1nc(NCCc2ccccc2)nn1-c1nc2ccccc2s1. The van der Waals surface area contributed by atoms with E-state index in [-0.39, 0.29) is 0 Å². The first kappa shape index (κ1) is 14.6. The van der Waals surface area contributed by atoms with E-state index < -0.39 is 0 Å². The number of benzene rings is 2. The molecule has 2 aromatic carbocycles. The zero-order chi connectivity index (χ0) is 16.4. The van der Waals surface area contributed by atoms with Crippen LogP contribution in [0.1, 0.15) is 5.56 Å². The molecular formula is C17H16N6S. The Kier molecular flexibility index (Phi) is 3.84. The first-order valence-electron chi connectivity index (χ1n) is 7.66. The maximum atomic E-state index is 5.99. The Hall–Kier alpha value is -2.93. The average molecular weight is 336 g/mol. The summed E-state index contributed by atoms with van der Waals surface area (Å²) in [6.07, 6.45) is 0.899. The fraction of sp³-hybridized carbons (Fsp3) is 0.118. The summed E-state index contributed by atoms with van der Waals surface area (Å²) in [4.78, 5) is 8.83. The van der Waals surface area contributed by atoms with Gasteiger partial charge in [0, 0.05) is 6.54 Å². The number of fused-ring (bicyclic) bond motifs is 1. The fourth-order valence-electron chi connectivity index (χ4n) is 2.45. The van der Waals surface area contributed by atoms with Crippen LogP contribution in [0.3, 0.4) is 0 Å². The van der Waals surface area contributed by atoms with E-state index >= 15 is 0 Å². The van der Waals surface area contributed by atoms with Crippen LogP contribution in [-0.2, 0) is 6.42 Å². The van der Waals surface area contributed by atoms with Crippen molar-refractivity contribution >= 4 is 33.5 Å². The Labute approximate surface area is 143 Å². The summed E-state index contributed by atoms with van der Waals surface area (Å²) in [5, 5.41) is 8.36. The molecule has 3 N–H and O–H groups in total. The predicted octanol–water partition coefficient (Wildman–Crippen LogP) is 3.11. The highest BCUT2D eigenvalue weighted by atomic mass is 32.1. The van der Waals surface area contributed by atoms with Crippen molar-refractivity contribution in [2.24, 2.45) is 0 Å². The number of hydrogen-bond acceptors (Lipinski definition) is 6. The number of nitrogens with zero attached hydrogens (tertiary/aromatic N) is 4. The molecule has 6 nitrogen and oxygen atoms in total. The molecule has 0 aliphatic heterocycles. The lowest BCUT2D eigenvalue weighted by atomic mass is 10.1. The molecule has 0 atom stereocenters. The first-order chi connectivity index (χ1) is 11.8. The standard InChI is InChI=1S/C17H16N6S/c18-15-21-16(19-11-10-12-6-2-1-3-7-12)22-23(15)17-20-13-8-4-5-9-14(13)24-17/h1-9H,10-11H2,(H3,18,19,21,22). The topological polar surface area (TPSA) is 81.6 Å². The van der Waals surface area contributed by atoms with Gasteiger partial charge in [0.05, 0.1) is 10.2 Å². The summed E-state index contributed by atoms with van der Waals surface area (Å²) in [6, 6.07) is 18.2. The third kappa shape index (κ3) is 2.93. The van der Waals surface area contributed by atoms with Crippen molar-refractivity contribution in [1.29, 1.82) is 0 Å². The van der Waals surface area contributed by atoms with E-state index in [1.54, 1.807) is 16.0 Å². The van der Waals surface area contributed by atoms with Gasteiger partial charge in [0.15, 0.2) is 0 Å². The van der Waals surface area contributed by atoms with Crippen LogP contribution in [0.4, 0.5) is 11.9 Å². The van der Waals surface area contributed by atoms with Gasteiger partial charge in [-0.15, -0.1) is 5.10 Å². The Morgan fingerprint density at radius 3 is 2.62 bits per heavy atom. The van der Waals surface area contributed by atoms with Crippen molar-refractivity contribution in [3.8, 4) is 5.13 Å². The zero-order valence-electron chi connectivity index (χ0n) is 12.9. The number of nitrogens with two attached hydrogens (primary N) is 1. The van der Waals surface area contributed by atoms with Crippen molar-refractivity contribution in [2.45, 2.75) is 6.42 Å². The van der Waals surface area contributed by atoms with Gasteiger partial charge in [0.2, 0.25) is 17.0 Å². The lowest BCUT2D eigenvalue weighted by molar-refractivity contribution is 0.877. The van der Waals surface area contributed by atoms with Crippen LogP contribution in [-0.4, -0.2) is 26.3 Å². The Bertz CT molecular complexity index is 927. The molecule has 4 aromatic rings. The molecule has 0 saturated heterocycles. The van der Waals surface area contributed by atoms with Crippen molar-refractivity contribution in [1.82, 2.24) is 19.7 Å². The van der Waals surface area contributed by atoms with Gasteiger partial charge in [-0.25, -0.2) is 4.98 Å². The summed E-state index contributed by atoms with van der Waals surface area (Å²) >= 11 is 1.54. The van der Waals surface area contributed by atoms with Crippen LogP contribution < -0.4 is 11.1 Å². The number of hydrogen-bond donors (Lipinski definition) is 2. The smallest absolute Gasteiger partial charge is 0.244 e. The van der Waals surface area contributed by atoms with Gasteiger partial charge in [0.25, 0.3) is 0 Å². The molecule has 0 radical (unpaired) electrons. The minimum Gasteiger partial charge on any atom is -0.368 e. The predicted molar refractivity (Wildman–Crippen MR) is 97.6 cm³/mol. The monoisotopic (exact) mass is 336 g/mol. The highest BCUT2D eigenvalue weighted by Gasteiger charge is 2.12. The second kappa shape index (κ2) is 6.29. The minimum atomic E-state index is 0.330. The summed E-state index contributed by atoms with van der Waals surface area (Å²) in [6.45, 7) is 0.743. The van der Waals surface area contributed by atoms with E-state index in [1.165, 1.54) is 5.56 Å². The number of anilines is 2. The first-order valence-corrected chi connectivity index (χ1v) is 8.47. The third-order valence-electron chi connectivity index (χ3n) is 3.64. The Morgan fingerprint density at radius 1 is 1.00 bits per heavy atom. The molecule has 0 saturated carbocycles. The number of nitrogens with one attached hydrogen (secondary N) is 1. The molecule has 0 unspecified atom stereocenters. The summed E-state index contributed by atoms with van der Waals surface area (Å²) in [7, 11) is 0. The van der Waals surface area contributed by atoms with E-state index in [1.807, 2.05) is 42.5 Å². The molecule has 2 aromatic heterocycles. The summed E-state index contributed by atoms with van der Waals surface area (Å²) in [5.41, 5.74) is 8.20. The lowest BCUT2D eigenvalue weighted by Crippen LogP contribution is -2.06. The molecule has 0 fully saturated rings. The van der Waals surface area contributed by atoms with Gasteiger partial charge in [-0.2, -0.15) is 9.67 Å². The van der Waals surface area contributed by atoms with Gasteiger partial charge in [-0.1, -0.05) is 53.8 Å². The number of nitrogen functional groups attached to an aromatic ring is 1. The second-order valence-electron chi connectivity index (χ2n) is 5.33. The van der Waals surface area contributed by atoms with E-state index in [2.05, 4.69) is 32.5 Å².